The highest BCUT2D eigenvalue weighted by Gasteiger charge is 2.78. The van der Waals surface area contributed by atoms with Crippen molar-refractivity contribution in [3.63, 3.8) is 0 Å². The molecule has 0 bridgehead atoms. The summed E-state index contributed by atoms with van der Waals surface area (Å²) in [4.78, 5) is 76.6. The van der Waals surface area contributed by atoms with E-state index in [9.17, 15) is 39.0 Å². The molecule has 1 aliphatic rings. The van der Waals surface area contributed by atoms with Gasteiger partial charge in [-0.05, 0) is 104 Å². The third-order valence-corrected chi connectivity index (χ3v) is 8.93. The van der Waals surface area contributed by atoms with Crippen molar-refractivity contribution in [1.82, 2.24) is 10.6 Å². The number of benzene rings is 2. The van der Waals surface area contributed by atoms with Gasteiger partial charge in [0.1, 0.15) is 11.2 Å². The molecule has 1 aliphatic carbocycles. The summed E-state index contributed by atoms with van der Waals surface area (Å²) in [7, 11) is 0. The van der Waals surface area contributed by atoms with Crippen molar-refractivity contribution < 1.29 is 48.5 Å². The topological polar surface area (TPSA) is 197 Å². The summed E-state index contributed by atoms with van der Waals surface area (Å²) in [6, 6.07) is 13.2. The summed E-state index contributed by atoms with van der Waals surface area (Å²) >= 11 is 0. The van der Waals surface area contributed by atoms with Gasteiger partial charge in [0.05, 0.1) is 22.7 Å². The maximum absolute atomic E-state index is 13.8. The van der Waals surface area contributed by atoms with Crippen molar-refractivity contribution in [2.75, 3.05) is 18.4 Å². The zero-order chi connectivity index (χ0) is 38.4. The van der Waals surface area contributed by atoms with Crippen LogP contribution in [0.25, 0.3) is 0 Å². The molecule has 2 aromatic rings. The fraction of sp³-hybridized carbons (Fsp3) is 0.526. The van der Waals surface area contributed by atoms with Gasteiger partial charge in [-0.3, -0.25) is 19.2 Å². The van der Waals surface area contributed by atoms with E-state index in [4.69, 9.17) is 9.47 Å². The molecule has 0 radical (unpaired) electrons. The number of Topliss-reactive ketones (excluding diaryl/α,β-unsaturated/α-hetero) is 1. The van der Waals surface area contributed by atoms with Gasteiger partial charge in [-0.15, -0.1) is 0 Å². The first-order valence-corrected chi connectivity index (χ1v) is 17.0. The summed E-state index contributed by atoms with van der Waals surface area (Å²) < 4.78 is 10.4. The quantitative estimate of drug-likeness (QED) is 0.117. The molecule has 13 nitrogen and oxygen atoms in total. The number of alkyl carbamates (subject to hydrolysis) is 2. The van der Waals surface area contributed by atoms with Crippen LogP contribution in [-0.2, 0) is 36.7 Å². The van der Waals surface area contributed by atoms with Crippen LogP contribution < -0.4 is 16.0 Å². The molecule has 3 amide bonds. The molecule has 278 valence electrons. The van der Waals surface area contributed by atoms with Crippen LogP contribution in [-0.4, -0.2) is 70.3 Å². The maximum Gasteiger partial charge on any atom is 0.407 e. The molecule has 51 heavy (non-hydrogen) atoms. The monoisotopic (exact) mass is 709 g/mol. The number of aliphatic carboxylic acids is 2. The first kappa shape index (κ1) is 40.5. The van der Waals surface area contributed by atoms with Gasteiger partial charge in [0.15, 0.2) is 5.78 Å². The average Bonchev–Trinajstić information content (AvgIpc) is 3.00. The Kier molecular flexibility index (Phi) is 12.7. The van der Waals surface area contributed by atoms with E-state index in [2.05, 4.69) is 16.0 Å². The van der Waals surface area contributed by atoms with E-state index in [1.54, 1.807) is 77.9 Å². The summed E-state index contributed by atoms with van der Waals surface area (Å²) in [5.41, 5.74) is -2.99. The van der Waals surface area contributed by atoms with E-state index in [1.165, 1.54) is 26.0 Å². The van der Waals surface area contributed by atoms with Crippen molar-refractivity contribution in [2.45, 2.75) is 92.3 Å². The van der Waals surface area contributed by atoms with E-state index in [-0.39, 0.29) is 5.56 Å². The van der Waals surface area contributed by atoms with Gasteiger partial charge in [-0.25, -0.2) is 9.59 Å². The second-order valence-corrected chi connectivity index (χ2v) is 15.4. The second-order valence-electron chi connectivity index (χ2n) is 15.4. The normalized spacial score (nSPS) is 21.4. The van der Waals surface area contributed by atoms with Crippen molar-refractivity contribution in [1.29, 1.82) is 0 Å². The van der Waals surface area contributed by atoms with E-state index in [1.807, 2.05) is 0 Å². The SMILES string of the molecule is CC(C)(C)OC(=O)NCCCc1ccc(NC(=O)C2C(C)(C(=O)O)C(C(=O)c3ccc(CCCNC(=O)OC(C)(C)C)cc3)C2(C)C(=O)O)cc1. The molecule has 2 atom stereocenters. The molecular formula is C38H51N3O10. The van der Waals surface area contributed by atoms with Crippen LogP contribution >= 0.6 is 0 Å². The first-order chi connectivity index (χ1) is 23.6. The number of ether oxygens (including phenoxy) is 2. The van der Waals surface area contributed by atoms with Crippen molar-refractivity contribution in [3.8, 4) is 0 Å². The highest BCUT2D eigenvalue weighted by atomic mass is 16.6. The van der Waals surface area contributed by atoms with Gasteiger partial charge in [-0.1, -0.05) is 36.4 Å². The number of carboxylic acid groups (broad SMARTS) is 2. The minimum absolute atomic E-state index is 0.131. The van der Waals surface area contributed by atoms with Crippen LogP contribution in [0.5, 0.6) is 0 Å². The Morgan fingerprint density at radius 2 is 1.04 bits per heavy atom. The number of carbonyl (C=O) groups is 6. The minimum Gasteiger partial charge on any atom is -0.481 e. The molecule has 13 heteroatoms. The van der Waals surface area contributed by atoms with Crippen LogP contribution in [0.3, 0.4) is 0 Å². The van der Waals surface area contributed by atoms with E-state index >= 15 is 0 Å². The Balaban J connectivity index is 1.66. The lowest BCUT2D eigenvalue weighted by molar-refractivity contribution is -0.208. The zero-order valence-electron chi connectivity index (χ0n) is 30.7. The lowest BCUT2D eigenvalue weighted by atomic mass is 9.38. The highest BCUT2D eigenvalue weighted by molar-refractivity contribution is 6.11. The number of hydrogen-bond acceptors (Lipinski definition) is 8. The van der Waals surface area contributed by atoms with E-state index < -0.39 is 69.7 Å². The summed E-state index contributed by atoms with van der Waals surface area (Å²) in [5, 5.41) is 28.7. The number of nitrogens with one attached hydrogen (secondary N) is 3. The first-order valence-electron chi connectivity index (χ1n) is 17.0. The summed E-state index contributed by atoms with van der Waals surface area (Å²) in [6.45, 7) is 13.9. The number of amides is 3. The molecule has 1 fully saturated rings. The van der Waals surface area contributed by atoms with Gasteiger partial charge in [0, 0.05) is 24.3 Å². The molecule has 0 saturated heterocycles. The third-order valence-electron chi connectivity index (χ3n) is 8.93. The molecule has 0 spiro atoms. The van der Waals surface area contributed by atoms with E-state index in [0.29, 0.717) is 44.5 Å². The lowest BCUT2D eigenvalue weighted by Gasteiger charge is -2.59. The molecule has 1 saturated carbocycles. The minimum atomic E-state index is -2.01. The van der Waals surface area contributed by atoms with Gasteiger partial charge < -0.3 is 35.6 Å². The zero-order valence-corrected chi connectivity index (χ0v) is 30.7. The lowest BCUT2D eigenvalue weighted by Crippen LogP contribution is -2.73. The number of carboxylic acids is 2. The van der Waals surface area contributed by atoms with Gasteiger partial charge in [0.25, 0.3) is 0 Å². The maximum atomic E-state index is 13.8. The summed E-state index contributed by atoms with van der Waals surface area (Å²) in [5.74, 6) is -7.51. The predicted octanol–water partition coefficient (Wildman–Crippen LogP) is 5.85. The number of aryl methyl sites for hydroxylation is 2. The molecular weight excluding hydrogens is 658 g/mol. The fourth-order valence-electron chi connectivity index (χ4n) is 6.63. The van der Waals surface area contributed by atoms with Gasteiger partial charge >= 0.3 is 24.1 Å². The molecule has 2 unspecified atom stereocenters. The second kappa shape index (κ2) is 15.9. The molecule has 0 aliphatic heterocycles. The van der Waals surface area contributed by atoms with Crippen molar-refractivity contribution >= 4 is 41.5 Å². The highest BCUT2D eigenvalue weighted by Crippen LogP contribution is 2.65. The predicted molar refractivity (Wildman–Crippen MR) is 189 cm³/mol. The standard InChI is InChI=1S/C38H51N3O10/c1-35(2,3)50-33(48)39-21-9-11-23-13-17-25(18-14-23)27(42)28-37(7,31(44)45)29(38(28,8)32(46)47)30(43)41-26-19-15-24(16-20-26)12-10-22-40-34(49)51-36(4,5)6/h13-20,28-29H,9-12,21-22H2,1-8H3,(H,39,48)(H,40,49)(H,41,43)(H,44,45)(H,46,47). The fourth-order valence-corrected chi connectivity index (χ4v) is 6.63. The molecule has 3 rings (SSSR count). The summed E-state index contributed by atoms with van der Waals surface area (Å²) in [6.07, 6.45) is 1.40. The van der Waals surface area contributed by atoms with Gasteiger partial charge in [-0.2, -0.15) is 0 Å². The number of ketones is 1. The number of rotatable bonds is 14. The molecule has 2 aromatic carbocycles. The van der Waals surface area contributed by atoms with Gasteiger partial charge in [0.2, 0.25) is 5.91 Å². The Morgan fingerprint density at radius 1 is 0.647 bits per heavy atom. The molecule has 5 N–H and O–H groups in total. The van der Waals surface area contributed by atoms with Crippen LogP contribution in [0.4, 0.5) is 15.3 Å². The third kappa shape index (κ3) is 10.1. The van der Waals surface area contributed by atoms with Crippen LogP contribution in [0.1, 0.15) is 89.7 Å². The van der Waals surface area contributed by atoms with E-state index in [0.717, 1.165) is 11.1 Å². The largest absolute Gasteiger partial charge is 0.481 e. The van der Waals surface area contributed by atoms with Crippen LogP contribution in [0.15, 0.2) is 48.5 Å². The Labute approximate surface area is 298 Å². The van der Waals surface area contributed by atoms with Crippen molar-refractivity contribution in [2.24, 2.45) is 22.7 Å². The van der Waals surface area contributed by atoms with Crippen LogP contribution in [0, 0.1) is 22.7 Å². The average molecular weight is 710 g/mol. The van der Waals surface area contributed by atoms with Crippen LogP contribution in [0.2, 0.25) is 0 Å². The number of anilines is 1. The Hall–Kier alpha value is -4.94. The Bertz CT molecular complexity index is 1580. The number of hydrogen-bond donors (Lipinski definition) is 5. The smallest absolute Gasteiger partial charge is 0.407 e. The van der Waals surface area contributed by atoms with Crippen molar-refractivity contribution in [3.05, 3.63) is 65.2 Å². The Morgan fingerprint density at radius 3 is 1.41 bits per heavy atom. The number of carbonyl (C=O) groups excluding carboxylic acids is 4. The molecule has 0 aromatic heterocycles. The molecule has 0 heterocycles.